The molecule has 2 aliphatic heterocycles. The molecule has 0 spiro atoms. The van der Waals surface area contributed by atoms with E-state index < -0.39 is 51.3 Å². The molecule has 2 aliphatic rings. The number of hydrogen-bond acceptors (Lipinski definition) is 11. The van der Waals surface area contributed by atoms with Gasteiger partial charge in [-0.15, -0.1) is 16.9 Å². The van der Waals surface area contributed by atoms with Crippen LogP contribution in [0.1, 0.15) is 11.7 Å². The zero-order valence-electron chi connectivity index (χ0n) is 17.6. The summed E-state index contributed by atoms with van der Waals surface area (Å²) in [5.74, 6) is -3.39. The van der Waals surface area contributed by atoms with Gasteiger partial charge < -0.3 is 15.5 Å². The summed E-state index contributed by atoms with van der Waals surface area (Å²) in [5, 5.41) is 32.4. The van der Waals surface area contributed by atoms with Gasteiger partial charge in [-0.05, 0) is 21.6 Å². The number of aromatic nitrogens is 4. The molecule has 1 saturated heterocycles. The molecular formula is C18H19N6NaO8S3. The number of nitrogens with zero attached hydrogens (tertiary/aromatic N) is 5. The molecule has 1 aromatic carbocycles. The van der Waals surface area contributed by atoms with Gasteiger partial charge in [-0.2, -0.15) is 8.42 Å². The van der Waals surface area contributed by atoms with E-state index in [0.717, 1.165) is 21.3 Å². The molecule has 0 bridgehead atoms. The molecule has 4 N–H and O–H groups in total. The van der Waals surface area contributed by atoms with E-state index in [2.05, 4.69) is 20.8 Å². The topological polar surface area (TPSA) is 205 Å². The van der Waals surface area contributed by atoms with Crippen LogP contribution in [0.4, 0.5) is 0 Å². The number of thioether (sulfide) groups is 2. The zero-order chi connectivity index (χ0) is 25.3. The van der Waals surface area contributed by atoms with Crippen LogP contribution in [0.15, 0.2) is 46.8 Å². The van der Waals surface area contributed by atoms with E-state index in [1.165, 1.54) is 11.8 Å². The van der Waals surface area contributed by atoms with Gasteiger partial charge in [0.15, 0.2) is 12.0 Å². The first-order chi connectivity index (χ1) is 16.6. The van der Waals surface area contributed by atoms with Gasteiger partial charge in [-0.25, -0.2) is 9.48 Å². The van der Waals surface area contributed by atoms with E-state index in [1.54, 1.807) is 30.3 Å². The number of carbonyl (C=O) groups excluding carboxylic acids is 2. The summed E-state index contributed by atoms with van der Waals surface area (Å²) < 4.78 is 32.0. The van der Waals surface area contributed by atoms with Crippen molar-refractivity contribution in [2.75, 3.05) is 11.5 Å². The molecule has 18 heteroatoms. The van der Waals surface area contributed by atoms with Crippen molar-refractivity contribution in [3.63, 3.8) is 0 Å². The molecule has 14 nitrogen and oxygen atoms in total. The molecule has 1 unspecified atom stereocenters. The number of tetrazole rings is 1. The van der Waals surface area contributed by atoms with Crippen molar-refractivity contribution >= 4 is 81.0 Å². The number of fused-ring (bicyclic) bond motifs is 1. The average molecular weight is 567 g/mol. The molecule has 1 aromatic heterocycles. The van der Waals surface area contributed by atoms with Gasteiger partial charge in [0, 0.05) is 11.5 Å². The monoisotopic (exact) mass is 566 g/mol. The summed E-state index contributed by atoms with van der Waals surface area (Å²) in [7, 11) is -4.40. The second kappa shape index (κ2) is 11.6. The fourth-order valence-electron chi connectivity index (χ4n) is 3.50. The maximum absolute atomic E-state index is 12.8. The van der Waals surface area contributed by atoms with Crippen LogP contribution in [0.3, 0.4) is 0 Å². The van der Waals surface area contributed by atoms with Crippen molar-refractivity contribution in [2.45, 2.75) is 28.6 Å². The first-order valence-electron chi connectivity index (χ1n) is 9.84. The number of aliphatic hydroxyl groups excluding tert-OH is 1. The number of nitrogens with one attached hydrogen (secondary N) is 1. The Bertz CT molecular complexity index is 1300. The number of β-lactam (4-membered cyclic amide) rings is 1. The molecule has 3 heterocycles. The Morgan fingerprint density at radius 1 is 1.28 bits per heavy atom. The first-order valence-corrected chi connectivity index (χ1v) is 13.5. The van der Waals surface area contributed by atoms with E-state index in [9.17, 15) is 33.0 Å². The molecule has 1 fully saturated rings. The second-order valence-corrected chi connectivity index (χ2v) is 10.9. The van der Waals surface area contributed by atoms with Crippen LogP contribution >= 0.6 is 23.5 Å². The molecule has 0 radical (unpaired) electrons. The molecule has 2 amide bonds. The Morgan fingerprint density at radius 2 is 1.97 bits per heavy atom. The molecule has 2 aromatic rings. The van der Waals surface area contributed by atoms with Gasteiger partial charge >= 0.3 is 35.5 Å². The van der Waals surface area contributed by atoms with E-state index in [1.807, 2.05) is 0 Å². The SMILES string of the molecule is O=C(O)C1=C(CSc2nnnn2CS(=O)(=O)O)CS[C@@H]2[C@H](NC(=O)C(O)c3ccccc3)C(=O)N12.[NaH]. The summed E-state index contributed by atoms with van der Waals surface area (Å²) in [6, 6.07) is 7.17. The minimum atomic E-state index is -4.40. The molecule has 36 heavy (non-hydrogen) atoms. The number of aliphatic hydroxyl groups is 1. The summed E-state index contributed by atoms with van der Waals surface area (Å²) in [5.41, 5.74) is 0.480. The van der Waals surface area contributed by atoms with Crippen LogP contribution in [0.2, 0.25) is 0 Å². The number of benzene rings is 1. The van der Waals surface area contributed by atoms with Crippen molar-refractivity contribution < 1.29 is 37.6 Å². The second-order valence-electron chi connectivity index (χ2n) is 7.43. The predicted molar refractivity (Wildman–Crippen MR) is 128 cm³/mol. The van der Waals surface area contributed by atoms with Gasteiger partial charge in [-0.3, -0.25) is 19.0 Å². The summed E-state index contributed by atoms with van der Waals surface area (Å²) >= 11 is 2.17. The fraction of sp³-hybridized carbons (Fsp3) is 0.333. The molecule has 0 aliphatic carbocycles. The number of hydrogen-bond donors (Lipinski definition) is 4. The normalized spacial score (nSPS) is 20.2. The Kier molecular flexibility index (Phi) is 9.20. The molecule has 3 atom stereocenters. The summed E-state index contributed by atoms with van der Waals surface area (Å²) in [6.45, 7) is 0. The number of carboxylic acids is 1. The van der Waals surface area contributed by atoms with Crippen molar-refractivity contribution in [2.24, 2.45) is 0 Å². The molecular weight excluding hydrogens is 547 g/mol. The standard InChI is InChI=1S/C18H18N6O8S3.Na.H/c25-13(9-4-2-1-3-5-9)14(26)19-11-15(27)24-12(17(28)29)10(6-33-16(11)24)7-34-18-20-21-22-23(18)8-35(30,31)32;;/h1-5,11,13,16,25H,6-8H2,(H,19,26)(H,28,29)(H,30,31,32);;/t11-,13?,16-;;/m1../s1. The molecule has 4 rings (SSSR count). The maximum atomic E-state index is 12.8. The number of carbonyl (C=O) groups is 3. The third-order valence-electron chi connectivity index (χ3n) is 5.07. The Morgan fingerprint density at radius 3 is 2.61 bits per heavy atom. The van der Waals surface area contributed by atoms with E-state index in [4.69, 9.17) is 4.55 Å². The van der Waals surface area contributed by atoms with Gasteiger partial charge in [-0.1, -0.05) is 42.1 Å². The quantitative estimate of drug-likeness (QED) is 0.117. The number of rotatable bonds is 9. The molecule has 0 saturated carbocycles. The van der Waals surface area contributed by atoms with Gasteiger partial charge in [0.05, 0.1) is 0 Å². The van der Waals surface area contributed by atoms with E-state index >= 15 is 0 Å². The third-order valence-corrected chi connectivity index (χ3v) is 8.03. The van der Waals surface area contributed by atoms with Crippen molar-refractivity contribution in [1.82, 2.24) is 30.4 Å². The Balaban J connectivity index is 0.00000361. The van der Waals surface area contributed by atoms with Crippen LogP contribution in [-0.2, 0) is 30.4 Å². The van der Waals surface area contributed by atoms with Crippen LogP contribution in [0.5, 0.6) is 0 Å². The summed E-state index contributed by atoms with van der Waals surface area (Å²) in [6.07, 6.45) is -1.48. The first kappa shape index (κ1) is 28.6. The number of aliphatic carboxylic acids is 1. The van der Waals surface area contributed by atoms with Gasteiger partial charge in [0.2, 0.25) is 5.16 Å². The van der Waals surface area contributed by atoms with Crippen LogP contribution in [-0.4, -0.2) is 119 Å². The van der Waals surface area contributed by atoms with Crippen molar-refractivity contribution in [3.05, 3.63) is 47.2 Å². The van der Waals surface area contributed by atoms with Crippen molar-refractivity contribution in [3.8, 4) is 0 Å². The van der Waals surface area contributed by atoms with Crippen molar-refractivity contribution in [1.29, 1.82) is 0 Å². The van der Waals surface area contributed by atoms with Gasteiger partial charge in [0.25, 0.3) is 21.9 Å². The molecule has 188 valence electrons. The number of carboxylic acid groups (broad SMARTS) is 1. The van der Waals surface area contributed by atoms with Crippen LogP contribution < -0.4 is 5.32 Å². The predicted octanol–water partition coefficient (Wildman–Crippen LogP) is -1.57. The summed E-state index contributed by atoms with van der Waals surface area (Å²) in [4.78, 5) is 38.3. The number of amides is 2. The van der Waals surface area contributed by atoms with Gasteiger partial charge in [0.1, 0.15) is 17.1 Å². The van der Waals surface area contributed by atoms with Crippen LogP contribution in [0, 0.1) is 0 Å². The Labute approximate surface area is 234 Å². The van der Waals surface area contributed by atoms with E-state index in [0.29, 0.717) is 11.1 Å². The van der Waals surface area contributed by atoms with Crippen LogP contribution in [0.25, 0.3) is 0 Å². The Hall–Kier alpha value is -1.99. The van der Waals surface area contributed by atoms with E-state index in [-0.39, 0.29) is 51.9 Å². The minimum absolute atomic E-state index is 0. The fourth-order valence-corrected chi connectivity index (χ4v) is 6.43. The zero-order valence-corrected chi connectivity index (χ0v) is 20.0. The average Bonchev–Trinajstić information content (AvgIpc) is 3.25. The third kappa shape index (κ3) is 6.10.